The molecule has 0 saturated carbocycles. The van der Waals surface area contributed by atoms with Crippen molar-refractivity contribution in [3.05, 3.63) is 28.8 Å². The third kappa shape index (κ3) is 2.68. The molecule has 100 valence electrons. The Labute approximate surface area is 109 Å². The van der Waals surface area contributed by atoms with Crippen LogP contribution in [0.2, 0.25) is 0 Å². The molecule has 0 spiro atoms. The van der Waals surface area contributed by atoms with Crippen LogP contribution in [0.5, 0.6) is 5.75 Å². The highest BCUT2D eigenvalue weighted by molar-refractivity contribution is 5.45. The van der Waals surface area contributed by atoms with Gasteiger partial charge in [-0.05, 0) is 57.3 Å². The Morgan fingerprint density at radius 3 is 2.56 bits per heavy atom. The van der Waals surface area contributed by atoms with Crippen molar-refractivity contribution < 1.29 is 9.84 Å². The van der Waals surface area contributed by atoms with Crippen LogP contribution in [-0.4, -0.2) is 25.3 Å². The molecule has 0 radical (unpaired) electrons. The molecule has 1 atom stereocenters. The van der Waals surface area contributed by atoms with E-state index in [1.165, 1.54) is 5.56 Å². The number of methoxy groups -OCH3 is 1. The minimum absolute atomic E-state index is 0.335. The van der Waals surface area contributed by atoms with Gasteiger partial charge in [-0.3, -0.25) is 0 Å². The van der Waals surface area contributed by atoms with E-state index < -0.39 is 6.10 Å². The Balaban J connectivity index is 2.30. The van der Waals surface area contributed by atoms with Crippen LogP contribution in [0.1, 0.15) is 35.6 Å². The first-order valence-corrected chi connectivity index (χ1v) is 6.67. The summed E-state index contributed by atoms with van der Waals surface area (Å²) < 4.78 is 5.47. The van der Waals surface area contributed by atoms with Gasteiger partial charge in [-0.2, -0.15) is 0 Å². The van der Waals surface area contributed by atoms with Crippen LogP contribution in [0, 0.1) is 19.8 Å². The highest BCUT2D eigenvalue weighted by Crippen LogP contribution is 2.36. The molecule has 2 rings (SSSR count). The molecule has 2 N–H and O–H groups in total. The Hall–Kier alpha value is -1.06. The molecule has 3 heteroatoms. The van der Waals surface area contributed by atoms with Gasteiger partial charge >= 0.3 is 0 Å². The molecule has 1 aliphatic rings. The second-order valence-electron chi connectivity index (χ2n) is 5.24. The van der Waals surface area contributed by atoms with Crippen LogP contribution in [0.15, 0.2) is 12.1 Å². The molecule has 18 heavy (non-hydrogen) atoms. The van der Waals surface area contributed by atoms with E-state index in [-0.39, 0.29) is 0 Å². The van der Waals surface area contributed by atoms with E-state index in [1.807, 2.05) is 6.92 Å². The molecule has 0 amide bonds. The van der Waals surface area contributed by atoms with Gasteiger partial charge in [0.2, 0.25) is 0 Å². The van der Waals surface area contributed by atoms with Crippen molar-refractivity contribution >= 4 is 0 Å². The van der Waals surface area contributed by atoms with Gasteiger partial charge in [-0.15, -0.1) is 0 Å². The van der Waals surface area contributed by atoms with Gasteiger partial charge < -0.3 is 15.2 Å². The summed E-state index contributed by atoms with van der Waals surface area (Å²) in [6.07, 6.45) is 1.63. The van der Waals surface area contributed by atoms with Crippen LogP contribution in [0.25, 0.3) is 0 Å². The van der Waals surface area contributed by atoms with Crippen LogP contribution in [0.4, 0.5) is 0 Å². The zero-order valence-corrected chi connectivity index (χ0v) is 11.5. The molecule has 1 aliphatic heterocycles. The lowest BCUT2D eigenvalue weighted by atomic mass is 9.86. The minimum Gasteiger partial charge on any atom is -0.496 e. The summed E-state index contributed by atoms with van der Waals surface area (Å²) in [7, 11) is 1.68. The van der Waals surface area contributed by atoms with E-state index in [0.29, 0.717) is 5.92 Å². The first-order chi connectivity index (χ1) is 8.63. The largest absolute Gasteiger partial charge is 0.496 e. The molecule has 0 bridgehead atoms. The van der Waals surface area contributed by atoms with Crippen molar-refractivity contribution in [3.63, 3.8) is 0 Å². The predicted octanol–water partition coefficient (Wildman–Crippen LogP) is 2.35. The zero-order chi connectivity index (χ0) is 13.1. The van der Waals surface area contributed by atoms with Crippen molar-refractivity contribution in [2.75, 3.05) is 20.2 Å². The standard InChI is InChI=1S/C15H23NO2/c1-10-8-11(2)15(18-3)13(9-10)14(17)12-4-6-16-7-5-12/h8-9,12,14,16-17H,4-7H2,1-3H3. The summed E-state index contributed by atoms with van der Waals surface area (Å²) in [5, 5.41) is 13.9. The summed E-state index contributed by atoms with van der Waals surface area (Å²) in [4.78, 5) is 0. The Bertz CT molecular complexity index is 411. The van der Waals surface area contributed by atoms with Crippen molar-refractivity contribution in [2.24, 2.45) is 5.92 Å². The Morgan fingerprint density at radius 1 is 1.28 bits per heavy atom. The number of hydrogen-bond acceptors (Lipinski definition) is 3. The number of aliphatic hydroxyl groups is 1. The number of ether oxygens (including phenoxy) is 1. The lowest BCUT2D eigenvalue weighted by molar-refractivity contribution is 0.0863. The summed E-state index contributed by atoms with van der Waals surface area (Å²) in [6, 6.07) is 4.15. The van der Waals surface area contributed by atoms with Crippen LogP contribution in [-0.2, 0) is 0 Å². The maximum atomic E-state index is 10.6. The number of rotatable bonds is 3. The summed E-state index contributed by atoms with van der Waals surface area (Å²) in [6.45, 7) is 6.08. The molecule has 1 unspecified atom stereocenters. The highest BCUT2D eigenvalue weighted by Gasteiger charge is 2.26. The zero-order valence-electron chi connectivity index (χ0n) is 11.5. The molecule has 0 aliphatic carbocycles. The number of aliphatic hydroxyl groups excluding tert-OH is 1. The molecule has 1 saturated heterocycles. The number of aryl methyl sites for hydroxylation is 2. The molecular weight excluding hydrogens is 226 g/mol. The van der Waals surface area contributed by atoms with E-state index in [0.717, 1.165) is 42.8 Å². The molecule has 1 heterocycles. The van der Waals surface area contributed by atoms with Gasteiger partial charge in [-0.1, -0.05) is 11.6 Å². The predicted molar refractivity (Wildman–Crippen MR) is 73.0 cm³/mol. The normalized spacial score (nSPS) is 18.7. The quantitative estimate of drug-likeness (QED) is 0.864. The van der Waals surface area contributed by atoms with E-state index in [1.54, 1.807) is 7.11 Å². The van der Waals surface area contributed by atoms with Crippen molar-refractivity contribution in [3.8, 4) is 5.75 Å². The van der Waals surface area contributed by atoms with Gasteiger partial charge in [0, 0.05) is 5.56 Å². The summed E-state index contributed by atoms with van der Waals surface area (Å²) in [5.41, 5.74) is 3.22. The summed E-state index contributed by atoms with van der Waals surface area (Å²) in [5.74, 6) is 1.17. The van der Waals surface area contributed by atoms with E-state index in [2.05, 4.69) is 24.4 Å². The van der Waals surface area contributed by atoms with E-state index >= 15 is 0 Å². The SMILES string of the molecule is COc1c(C)cc(C)cc1C(O)C1CCNCC1. The Morgan fingerprint density at radius 2 is 1.94 bits per heavy atom. The molecule has 3 nitrogen and oxygen atoms in total. The van der Waals surface area contributed by atoms with Crippen molar-refractivity contribution in [2.45, 2.75) is 32.8 Å². The van der Waals surface area contributed by atoms with Gasteiger partial charge in [0.1, 0.15) is 5.75 Å². The van der Waals surface area contributed by atoms with Crippen molar-refractivity contribution in [1.29, 1.82) is 0 Å². The second-order valence-corrected chi connectivity index (χ2v) is 5.24. The fourth-order valence-corrected chi connectivity index (χ4v) is 2.90. The van der Waals surface area contributed by atoms with E-state index in [9.17, 15) is 5.11 Å². The lowest BCUT2D eigenvalue weighted by Gasteiger charge is -2.29. The van der Waals surface area contributed by atoms with Gasteiger partial charge in [0.25, 0.3) is 0 Å². The fourth-order valence-electron chi connectivity index (χ4n) is 2.90. The maximum absolute atomic E-state index is 10.6. The van der Waals surface area contributed by atoms with Gasteiger partial charge in [0.05, 0.1) is 13.2 Å². The molecule has 0 aromatic heterocycles. The van der Waals surface area contributed by atoms with Crippen LogP contribution in [0.3, 0.4) is 0 Å². The van der Waals surface area contributed by atoms with Crippen LogP contribution < -0.4 is 10.1 Å². The third-order valence-electron chi connectivity index (χ3n) is 3.80. The minimum atomic E-state index is -0.416. The second kappa shape index (κ2) is 5.72. The topological polar surface area (TPSA) is 41.5 Å². The Kier molecular flexibility index (Phi) is 4.25. The van der Waals surface area contributed by atoms with Crippen LogP contribution >= 0.6 is 0 Å². The molecule has 1 aromatic carbocycles. The molecular formula is C15H23NO2. The number of piperidine rings is 1. The first-order valence-electron chi connectivity index (χ1n) is 6.67. The van der Waals surface area contributed by atoms with Gasteiger partial charge in [-0.25, -0.2) is 0 Å². The summed E-state index contributed by atoms with van der Waals surface area (Å²) >= 11 is 0. The smallest absolute Gasteiger partial charge is 0.127 e. The molecule has 1 aromatic rings. The number of benzene rings is 1. The highest BCUT2D eigenvalue weighted by atomic mass is 16.5. The van der Waals surface area contributed by atoms with Crippen molar-refractivity contribution in [1.82, 2.24) is 5.32 Å². The monoisotopic (exact) mass is 249 g/mol. The van der Waals surface area contributed by atoms with Gasteiger partial charge in [0.15, 0.2) is 0 Å². The third-order valence-corrected chi connectivity index (χ3v) is 3.80. The fraction of sp³-hybridized carbons (Fsp3) is 0.600. The molecule has 1 fully saturated rings. The lowest BCUT2D eigenvalue weighted by Crippen LogP contribution is -2.31. The average molecular weight is 249 g/mol. The maximum Gasteiger partial charge on any atom is 0.127 e. The van der Waals surface area contributed by atoms with E-state index in [4.69, 9.17) is 4.74 Å². The number of hydrogen-bond donors (Lipinski definition) is 2. The first kappa shape index (κ1) is 13.4. The average Bonchev–Trinajstić information content (AvgIpc) is 2.38. The number of nitrogens with one attached hydrogen (secondary N) is 1.